The number of amides is 1. The zero-order valence-corrected chi connectivity index (χ0v) is 16.2. The van der Waals surface area contributed by atoms with Crippen LogP contribution in [0.25, 0.3) is 10.8 Å². The lowest BCUT2D eigenvalue weighted by Gasteiger charge is -2.24. The highest BCUT2D eigenvalue weighted by Gasteiger charge is 2.25. The first-order chi connectivity index (χ1) is 13.7. The summed E-state index contributed by atoms with van der Waals surface area (Å²) in [4.78, 5) is 12.1. The number of methoxy groups -OCH3 is 1. The Morgan fingerprint density at radius 1 is 0.964 bits per heavy atom. The largest absolute Gasteiger partial charge is 0.497 e. The molecule has 28 heavy (non-hydrogen) atoms. The number of carbonyl (C=O) groups is 1. The quantitative estimate of drug-likeness (QED) is 0.620. The standard InChI is InChI=1S/C24H26N2O2/c1-28-23-11-10-20-12-18(8-9-21(20)14-23)16-25-15-17-4-2-7-22(13-17)26-24(27)19-5-3-6-19/h2,4,7-14,19,25H,3,5-6,15-16H2,1H3,(H,26,27). The van der Waals surface area contributed by atoms with Crippen molar-refractivity contribution >= 4 is 22.4 Å². The van der Waals surface area contributed by atoms with Crippen LogP contribution in [0.3, 0.4) is 0 Å². The molecule has 1 fully saturated rings. The van der Waals surface area contributed by atoms with Gasteiger partial charge in [0.15, 0.2) is 0 Å². The monoisotopic (exact) mass is 374 g/mol. The van der Waals surface area contributed by atoms with Gasteiger partial charge < -0.3 is 15.4 Å². The number of benzene rings is 3. The van der Waals surface area contributed by atoms with E-state index in [-0.39, 0.29) is 11.8 Å². The summed E-state index contributed by atoms with van der Waals surface area (Å²) >= 11 is 0. The summed E-state index contributed by atoms with van der Waals surface area (Å²) in [5.41, 5.74) is 3.29. The molecule has 1 aliphatic rings. The smallest absolute Gasteiger partial charge is 0.227 e. The van der Waals surface area contributed by atoms with E-state index in [4.69, 9.17) is 4.74 Å². The molecule has 0 spiro atoms. The van der Waals surface area contributed by atoms with Crippen molar-refractivity contribution in [3.8, 4) is 5.75 Å². The zero-order chi connectivity index (χ0) is 19.3. The van der Waals surface area contributed by atoms with E-state index in [1.54, 1.807) is 7.11 Å². The Labute approximate surface area is 165 Å². The SMILES string of the molecule is COc1ccc2cc(CNCc3cccc(NC(=O)C4CCC4)c3)ccc2c1. The molecule has 0 saturated heterocycles. The van der Waals surface area contributed by atoms with Gasteiger partial charge in [0.1, 0.15) is 5.75 Å². The number of rotatable bonds is 7. The van der Waals surface area contributed by atoms with E-state index in [1.165, 1.54) is 22.8 Å². The first kappa shape index (κ1) is 18.5. The first-order valence-corrected chi connectivity index (χ1v) is 9.88. The third-order valence-corrected chi connectivity index (χ3v) is 5.44. The summed E-state index contributed by atoms with van der Waals surface area (Å²) in [5.74, 6) is 1.24. The number of fused-ring (bicyclic) bond motifs is 1. The van der Waals surface area contributed by atoms with Crippen LogP contribution < -0.4 is 15.4 Å². The molecule has 3 aromatic carbocycles. The van der Waals surface area contributed by atoms with Gasteiger partial charge in [-0.05, 0) is 65.1 Å². The van der Waals surface area contributed by atoms with Crippen LogP contribution in [-0.4, -0.2) is 13.0 Å². The first-order valence-electron chi connectivity index (χ1n) is 9.88. The van der Waals surface area contributed by atoms with Crippen molar-refractivity contribution < 1.29 is 9.53 Å². The molecule has 0 radical (unpaired) electrons. The molecule has 4 nitrogen and oxygen atoms in total. The molecule has 0 atom stereocenters. The van der Waals surface area contributed by atoms with Gasteiger partial charge >= 0.3 is 0 Å². The van der Waals surface area contributed by atoms with Gasteiger partial charge in [0, 0.05) is 24.7 Å². The fraction of sp³-hybridized carbons (Fsp3) is 0.292. The average Bonchev–Trinajstić information content (AvgIpc) is 2.66. The van der Waals surface area contributed by atoms with Crippen molar-refractivity contribution in [2.24, 2.45) is 5.92 Å². The van der Waals surface area contributed by atoms with E-state index in [0.717, 1.165) is 42.9 Å². The van der Waals surface area contributed by atoms with Crippen LogP contribution in [0.15, 0.2) is 60.7 Å². The minimum absolute atomic E-state index is 0.157. The summed E-state index contributed by atoms with van der Waals surface area (Å²) in [6, 6.07) is 20.7. The Balaban J connectivity index is 1.33. The number of hydrogen-bond acceptors (Lipinski definition) is 3. The predicted octanol–water partition coefficient (Wildman–Crippen LogP) is 4.88. The summed E-state index contributed by atoms with van der Waals surface area (Å²) in [7, 11) is 1.69. The van der Waals surface area contributed by atoms with Gasteiger partial charge in [-0.1, -0.05) is 36.8 Å². The maximum absolute atomic E-state index is 12.1. The van der Waals surface area contributed by atoms with Crippen LogP contribution in [0.4, 0.5) is 5.69 Å². The van der Waals surface area contributed by atoms with Crippen LogP contribution >= 0.6 is 0 Å². The van der Waals surface area contributed by atoms with Crippen LogP contribution in [0.2, 0.25) is 0 Å². The molecule has 144 valence electrons. The Bertz CT molecular complexity index is 979. The summed E-state index contributed by atoms with van der Waals surface area (Å²) < 4.78 is 5.28. The second kappa shape index (κ2) is 8.44. The van der Waals surface area contributed by atoms with Crippen LogP contribution in [-0.2, 0) is 17.9 Å². The number of hydrogen-bond donors (Lipinski definition) is 2. The predicted molar refractivity (Wildman–Crippen MR) is 113 cm³/mol. The van der Waals surface area contributed by atoms with Gasteiger partial charge in [0.2, 0.25) is 5.91 Å². The highest BCUT2D eigenvalue weighted by molar-refractivity contribution is 5.93. The van der Waals surface area contributed by atoms with Gasteiger partial charge in [-0.3, -0.25) is 4.79 Å². The molecule has 0 unspecified atom stereocenters. The molecule has 4 rings (SSSR count). The molecule has 2 N–H and O–H groups in total. The summed E-state index contributed by atoms with van der Waals surface area (Å²) in [6.07, 6.45) is 3.21. The highest BCUT2D eigenvalue weighted by atomic mass is 16.5. The number of anilines is 1. The summed E-state index contributed by atoms with van der Waals surface area (Å²) in [6.45, 7) is 1.55. The van der Waals surface area contributed by atoms with Gasteiger partial charge in [-0.2, -0.15) is 0 Å². The van der Waals surface area contributed by atoms with Crippen LogP contribution in [0.5, 0.6) is 5.75 Å². The van der Waals surface area contributed by atoms with Crippen molar-refractivity contribution in [1.29, 1.82) is 0 Å². The zero-order valence-electron chi connectivity index (χ0n) is 16.2. The van der Waals surface area contributed by atoms with Crippen LogP contribution in [0, 0.1) is 5.92 Å². The minimum atomic E-state index is 0.157. The van der Waals surface area contributed by atoms with E-state index in [9.17, 15) is 4.79 Å². The van der Waals surface area contributed by atoms with Gasteiger partial charge in [0.05, 0.1) is 7.11 Å². The van der Waals surface area contributed by atoms with Crippen molar-refractivity contribution in [3.05, 3.63) is 71.8 Å². The maximum Gasteiger partial charge on any atom is 0.227 e. The van der Waals surface area contributed by atoms with E-state index in [0.29, 0.717) is 0 Å². The lowest BCUT2D eigenvalue weighted by atomic mass is 9.85. The molecule has 0 heterocycles. The Kier molecular flexibility index (Phi) is 5.58. The van der Waals surface area contributed by atoms with Gasteiger partial charge in [-0.25, -0.2) is 0 Å². The van der Waals surface area contributed by atoms with E-state index >= 15 is 0 Å². The second-order valence-corrected chi connectivity index (χ2v) is 7.47. The van der Waals surface area contributed by atoms with E-state index in [1.807, 2.05) is 18.2 Å². The number of nitrogens with one attached hydrogen (secondary N) is 2. The molecular formula is C24H26N2O2. The number of ether oxygens (including phenoxy) is 1. The average molecular weight is 374 g/mol. The Hall–Kier alpha value is -2.85. The van der Waals surface area contributed by atoms with Crippen molar-refractivity contribution in [2.45, 2.75) is 32.4 Å². The second-order valence-electron chi connectivity index (χ2n) is 7.47. The maximum atomic E-state index is 12.1. The van der Waals surface area contributed by atoms with Crippen molar-refractivity contribution in [1.82, 2.24) is 5.32 Å². The van der Waals surface area contributed by atoms with Crippen LogP contribution in [0.1, 0.15) is 30.4 Å². The van der Waals surface area contributed by atoms with E-state index in [2.05, 4.69) is 53.1 Å². The molecule has 3 aromatic rings. The third-order valence-electron chi connectivity index (χ3n) is 5.44. The molecular weight excluding hydrogens is 348 g/mol. The fourth-order valence-corrected chi connectivity index (χ4v) is 3.54. The lowest BCUT2D eigenvalue weighted by Crippen LogP contribution is -2.28. The van der Waals surface area contributed by atoms with Gasteiger partial charge in [0.25, 0.3) is 0 Å². The molecule has 0 aliphatic heterocycles. The molecule has 1 aliphatic carbocycles. The lowest BCUT2D eigenvalue weighted by molar-refractivity contribution is -0.122. The molecule has 0 bridgehead atoms. The number of carbonyl (C=O) groups excluding carboxylic acids is 1. The summed E-state index contributed by atoms with van der Waals surface area (Å²) in [5, 5.41) is 8.93. The molecule has 1 saturated carbocycles. The third kappa shape index (κ3) is 4.34. The van der Waals surface area contributed by atoms with Crippen molar-refractivity contribution in [2.75, 3.05) is 12.4 Å². The topological polar surface area (TPSA) is 50.4 Å². The minimum Gasteiger partial charge on any atom is -0.497 e. The molecule has 0 aromatic heterocycles. The normalized spacial score (nSPS) is 13.9. The van der Waals surface area contributed by atoms with E-state index < -0.39 is 0 Å². The van der Waals surface area contributed by atoms with Crippen molar-refractivity contribution in [3.63, 3.8) is 0 Å². The highest BCUT2D eigenvalue weighted by Crippen LogP contribution is 2.27. The van der Waals surface area contributed by atoms with Gasteiger partial charge in [-0.15, -0.1) is 0 Å². The molecule has 4 heteroatoms. The Morgan fingerprint density at radius 3 is 2.46 bits per heavy atom. The molecule has 1 amide bonds. The Morgan fingerprint density at radius 2 is 1.71 bits per heavy atom. The fourth-order valence-electron chi connectivity index (χ4n) is 3.54.